The average Bonchev–Trinajstić information content (AvgIpc) is 2.49. The molecule has 5 nitrogen and oxygen atoms in total. The average molecular weight is 297 g/mol. The van der Waals surface area contributed by atoms with Crippen LogP contribution in [-0.2, 0) is 4.74 Å². The molecule has 0 radical (unpaired) electrons. The van der Waals surface area contributed by atoms with Gasteiger partial charge in [-0.05, 0) is 12.0 Å². The second kappa shape index (κ2) is 10.7. The Kier molecular flexibility index (Phi) is 9.21. The van der Waals surface area contributed by atoms with Crippen LogP contribution in [0.3, 0.4) is 0 Å². The summed E-state index contributed by atoms with van der Waals surface area (Å²) in [5.41, 5.74) is 1.11. The van der Waals surface area contributed by atoms with Crippen LogP contribution in [0.5, 0.6) is 0 Å². The van der Waals surface area contributed by atoms with Gasteiger partial charge < -0.3 is 20.1 Å². The van der Waals surface area contributed by atoms with Crippen molar-refractivity contribution in [1.29, 1.82) is 0 Å². The first-order chi connectivity index (χ1) is 10.2. The molecule has 0 heterocycles. The smallest absolute Gasteiger partial charge is 0.0900 e. The summed E-state index contributed by atoms with van der Waals surface area (Å²) in [6, 6.07) is 9.95. The van der Waals surface area contributed by atoms with Crippen molar-refractivity contribution >= 4 is 0 Å². The zero-order valence-electron chi connectivity index (χ0n) is 12.7. The van der Waals surface area contributed by atoms with Gasteiger partial charge in [-0.3, -0.25) is 4.90 Å². The first kappa shape index (κ1) is 18.1. The highest BCUT2D eigenvalue weighted by molar-refractivity contribution is 5.17. The minimum Gasteiger partial charge on any atom is -0.395 e. The van der Waals surface area contributed by atoms with E-state index in [2.05, 4.69) is 0 Å². The fourth-order valence-corrected chi connectivity index (χ4v) is 2.27. The lowest BCUT2D eigenvalue weighted by molar-refractivity contribution is -0.0260. The van der Waals surface area contributed by atoms with Gasteiger partial charge in [-0.15, -0.1) is 0 Å². The Morgan fingerprint density at radius 2 is 1.71 bits per heavy atom. The van der Waals surface area contributed by atoms with Gasteiger partial charge >= 0.3 is 0 Å². The van der Waals surface area contributed by atoms with E-state index in [1.807, 2.05) is 42.2 Å². The monoisotopic (exact) mass is 297 g/mol. The molecule has 1 aromatic rings. The third-order valence-corrected chi connectivity index (χ3v) is 3.33. The lowest BCUT2D eigenvalue weighted by atomic mass is 10.1. The molecule has 1 rings (SSSR count). The second-order valence-electron chi connectivity index (χ2n) is 5.04. The van der Waals surface area contributed by atoms with Crippen LogP contribution in [0.2, 0.25) is 0 Å². The molecule has 2 atom stereocenters. The maximum absolute atomic E-state index is 10.0. The number of nitrogens with zero attached hydrogens (tertiary/aromatic N) is 1. The van der Waals surface area contributed by atoms with Gasteiger partial charge in [0.2, 0.25) is 0 Å². The second-order valence-corrected chi connectivity index (χ2v) is 5.04. The Labute approximate surface area is 126 Å². The number of rotatable bonds is 11. The third kappa shape index (κ3) is 7.02. The fourth-order valence-electron chi connectivity index (χ4n) is 2.27. The van der Waals surface area contributed by atoms with E-state index in [4.69, 9.17) is 14.9 Å². The highest BCUT2D eigenvalue weighted by atomic mass is 16.5. The number of benzene rings is 1. The van der Waals surface area contributed by atoms with Gasteiger partial charge in [-0.1, -0.05) is 37.3 Å². The number of hydrogen-bond acceptors (Lipinski definition) is 5. The fraction of sp³-hybridized carbons (Fsp3) is 0.625. The van der Waals surface area contributed by atoms with E-state index >= 15 is 0 Å². The molecule has 0 aliphatic carbocycles. The van der Waals surface area contributed by atoms with E-state index in [-0.39, 0.29) is 25.9 Å². The van der Waals surface area contributed by atoms with Crippen LogP contribution >= 0.6 is 0 Å². The minimum absolute atomic E-state index is 0.00910. The molecule has 0 unspecified atom stereocenters. The molecule has 0 spiro atoms. The largest absolute Gasteiger partial charge is 0.395 e. The third-order valence-electron chi connectivity index (χ3n) is 3.33. The van der Waals surface area contributed by atoms with E-state index in [1.54, 1.807) is 0 Å². The molecule has 120 valence electrons. The van der Waals surface area contributed by atoms with Crippen LogP contribution in [0.25, 0.3) is 0 Å². The van der Waals surface area contributed by atoms with Gasteiger partial charge in [-0.2, -0.15) is 0 Å². The van der Waals surface area contributed by atoms with Gasteiger partial charge in [0.15, 0.2) is 0 Å². The number of aliphatic hydroxyl groups excluding tert-OH is 3. The van der Waals surface area contributed by atoms with E-state index in [9.17, 15) is 5.11 Å². The molecule has 3 N–H and O–H groups in total. The SMILES string of the molecule is CC[C@H](OC[C@H](O)CN(CCO)CCO)c1ccccc1. The van der Waals surface area contributed by atoms with Crippen molar-refractivity contribution in [1.82, 2.24) is 4.90 Å². The lowest BCUT2D eigenvalue weighted by Gasteiger charge is -2.25. The van der Waals surface area contributed by atoms with Crippen molar-refractivity contribution in [2.24, 2.45) is 0 Å². The molecule has 0 fully saturated rings. The summed E-state index contributed by atoms with van der Waals surface area (Å²) in [6.07, 6.45) is 0.180. The van der Waals surface area contributed by atoms with Crippen molar-refractivity contribution < 1.29 is 20.1 Å². The predicted molar refractivity (Wildman–Crippen MR) is 82.0 cm³/mol. The Hall–Kier alpha value is -0.980. The van der Waals surface area contributed by atoms with E-state index in [0.717, 1.165) is 12.0 Å². The molecular weight excluding hydrogens is 270 g/mol. The van der Waals surface area contributed by atoms with Gasteiger partial charge in [-0.25, -0.2) is 0 Å². The summed E-state index contributed by atoms with van der Waals surface area (Å²) in [4.78, 5) is 1.82. The standard InChI is InChI=1S/C16H27NO4/c1-2-16(14-6-4-3-5-7-14)21-13-15(20)12-17(8-10-18)9-11-19/h3-7,15-16,18-20H,2,8-13H2,1H3/t15-,16+/m1/s1. The van der Waals surface area contributed by atoms with Crippen LogP contribution in [-0.4, -0.2) is 65.8 Å². The summed E-state index contributed by atoms with van der Waals surface area (Å²) >= 11 is 0. The number of hydrogen-bond donors (Lipinski definition) is 3. The van der Waals surface area contributed by atoms with Crippen LogP contribution in [0.1, 0.15) is 25.0 Å². The van der Waals surface area contributed by atoms with Gasteiger partial charge in [0.05, 0.1) is 32.0 Å². The van der Waals surface area contributed by atoms with Crippen molar-refractivity contribution in [2.75, 3.05) is 39.5 Å². The molecule has 0 saturated heterocycles. The highest BCUT2D eigenvalue weighted by Crippen LogP contribution is 2.20. The van der Waals surface area contributed by atoms with E-state index in [0.29, 0.717) is 19.6 Å². The topological polar surface area (TPSA) is 73.2 Å². The zero-order chi connectivity index (χ0) is 15.5. The van der Waals surface area contributed by atoms with Crippen LogP contribution in [0, 0.1) is 0 Å². The summed E-state index contributed by atoms with van der Waals surface area (Å²) in [6.45, 7) is 3.56. The quantitative estimate of drug-likeness (QED) is 0.563. The Morgan fingerprint density at radius 1 is 1.10 bits per heavy atom. The van der Waals surface area contributed by atoms with Crippen LogP contribution in [0.4, 0.5) is 0 Å². The van der Waals surface area contributed by atoms with Crippen molar-refractivity contribution in [3.8, 4) is 0 Å². The Bertz CT molecular complexity index is 355. The Morgan fingerprint density at radius 3 is 2.24 bits per heavy atom. The zero-order valence-corrected chi connectivity index (χ0v) is 12.7. The van der Waals surface area contributed by atoms with Crippen molar-refractivity contribution in [2.45, 2.75) is 25.6 Å². The van der Waals surface area contributed by atoms with Gasteiger partial charge in [0.25, 0.3) is 0 Å². The lowest BCUT2D eigenvalue weighted by Crippen LogP contribution is -2.38. The molecule has 5 heteroatoms. The van der Waals surface area contributed by atoms with Crippen molar-refractivity contribution in [3.05, 3.63) is 35.9 Å². The highest BCUT2D eigenvalue weighted by Gasteiger charge is 2.15. The molecular formula is C16H27NO4. The minimum atomic E-state index is -0.638. The Balaban J connectivity index is 2.41. The summed E-state index contributed by atoms with van der Waals surface area (Å²) < 4.78 is 5.79. The molecule has 0 bridgehead atoms. The van der Waals surface area contributed by atoms with E-state index < -0.39 is 6.10 Å². The maximum atomic E-state index is 10.0. The summed E-state index contributed by atoms with van der Waals surface area (Å²) in [5.74, 6) is 0. The van der Waals surface area contributed by atoms with Gasteiger partial charge in [0, 0.05) is 19.6 Å². The summed E-state index contributed by atoms with van der Waals surface area (Å²) in [5, 5.41) is 27.9. The number of aliphatic hydroxyl groups is 3. The molecule has 0 saturated carbocycles. The van der Waals surface area contributed by atoms with E-state index in [1.165, 1.54) is 0 Å². The number of ether oxygens (including phenoxy) is 1. The van der Waals surface area contributed by atoms with Gasteiger partial charge in [0.1, 0.15) is 0 Å². The van der Waals surface area contributed by atoms with Crippen LogP contribution in [0.15, 0.2) is 30.3 Å². The van der Waals surface area contributed by atoms with Crippen LogP contribution < -0.4 is 0 Å². The van der Waals surface area contributed by atoms with Crippen molar-refractivity contribution in [3.63, 3.8) is 0 Å². The molecule has 0 aromatic heterocycles. The first-order valence-corrected chi connectivity index (χ1v) is 7.49. The maximum Gasteiger partial charge on any atom is 0.0900 e. The molecule has 0 aliphatic rings. The molecule has 0 aliphatic heterocycles. The normalized spacial score (nSPS) is 14.3. The first-order valence-electron chi connectivity index (χ1n) is 7.49. The molecule has 21 heavy (non-hydrogen) atoms. The molecule has 1 aromatic carbocycles. The summed E-state index contributed by atoms with van der Waals surface area (Å²) in [7, 11) is 0. The molecule has 0 amide bonds. The predicted octanol–water partition coefficient (Wildman–Crippen LogP) is 0.802.